The maximum atomic E-state index is 13.5. The van der Waals surface area contributed by atoms with Gasteiger partial charge in [0.1, 0.15) is 5.75 Å². The Bertz CT molecular complexity index is 1380. The van der Waals surface area contributed by atoms with E-state index in [0.29, 0.717) is 24.0 Å². The monoisotopic (exact) mass is 621 g/mol. The van der Waals surface area contributed by atoms with Gasteiger partial charge in [0.05, 0.1) is 39.2 Å². The number of rotatable bonds is 12. The molecule has 2 heterocycles. The number of hydrogen-bond donors (Lipinski definition) is 1. The van der Waals surface area contributed by atoms with E-state index in [1.54, 1.807) is 21.3 Å². The van der Waals surface area contributed by atoms with Gasteiger partial charge in [0.25, 0.3) is 0 Å². The lowest BCUT2D eigenvalue weighted by Crippen LogP contribution is -2.45. The summed E-state index contributed by atoms with van der Waals surface area (Å²) in [6, 6.07) is 23.6. The summed E-state index contributed by atoms with van der Waals surface area (Å²) in [7, 11) is 4.85. The van der Waals surface area contributed by atoms with Crippen molar-refractivity contribution in [2.24, 2.45) is 5.41 Å². The predicted molar refractivity (Wildman–Crippen MR) is 174 cm³/mol. The average Bonchev–Trinajstić information content (AvgIpc) is 3.34. The van der Waals surface area contributed by atoms with Crippen LogP contribution in [0, 0.1) is 5.41 Å². The van der Waals surface area contributed by atoms with Crippen LogP contribution in [-0.4, -0.2) is 69.1 Å². The molecule has 5 rings (SSSR count). The van der Waals surface area contributed by atoms with Gasteiger partial charge in [0.2, 0.25) is 11.8 Å². The van der Waals surface area contributed by atoms with Gasteiger partial charge in [-0.2, -0.15) is 0 Å². The summed E-state index contributed by atoms with van der Waals surface area (Å²) < 4.78 is 16.0. The molecule has 0 saturated carbocycles. The highest BCUT2D eigenvalue weighted by Gasteiger charge is 2.47. The summed E-state index contributed by atoms with van der Waals surface area (Å²) in [5, 5.41) is 3.27. The van der Waals surface area contributed by atoms with E-state index in [9.17, 15) is 9.59 Å². The molecule has 44 heavy (non-hydrogen) atoms. The van der Waals surface area contributed by atoms with Crippen molar-refractivity contribution in [3.8, 4) is 17.2 Å². The van der Waals surface area contributed by atoms with Crippen molar-refractivity contribution in [1.82, 2.24) is 15.1 Å². The number of ether oxygens (including phenoxy) is 3. The number of carbonyl (C=O) groups is 2. The smallest absolute Gasteiger partial charge is 0.229 e. The van der Waals surface area contributed by atoms with E-state index < -0.39 is 0 Å². The maximum absolute atomic E-state index is 13.5. The van der Waals surface area contributed by atoms with Crippen LogP contribution in [0.3, 0.4) is 0 Å². The first kappa shape index (κ1) is 33.1. The fourth-order valence-electron chi connectivity index (χ4n) is 6.40. The van der Waals surface area contributed by atoms with E-state index >= 15 is 0 Å². The standard InChI is InChI=1S/C35H43N3O5.ClH/c1-41-29-12-9-26(10-13-29)25-38-22-18-35(34(38)40)16-20-37(21-17-35)19-15-30(28-7-5-4-6-8-28)36-33(39)24-27-11-14-31(42-2)32(23-27)43-3;/h4-14,23,30H,15-22,24-25H2,1-3H3,(H,36,39);1H. The zero-order chi connectivity index (χ0) is 30.2. The quantitative estimate of drug-likeness (QED) is 0.290. The normalized spacial score (nSPS) is 16.7. The largest absolute Gasteiger partial charge is 0.497 e. The van der Waals surface area contributed by atoms with Crippen molar-refractivity contribution in [3.05, 3.63) is 89.5 Å². The Balaban J connectivity index is 0.00000442. The maximum Gasteiger partial charge on any atom is 0.229 e. The van der Waals surface area contributed by atoms with Crippen LogP contribution >= 0.6 is 12.4 Å². The van der Waals surface area contributed by atoms with Crippen LogP contribution in [0.5, 0.6) is 17.2 Å². The minimum Gasteiger partial charge on any atom is -0.497 e. The summed E-state index contributed by atoms with van der Waals surface area (Å²) in [5.74, 6) is 2.34. The molecule has 236 valence electrons. The minimum atomic E-state index is -0.241. The zero-order valence-corrected chi connectivity index (χ0v) is 26.7. The number of methoxy groups -OCH3 is 3. The molecule has 9 heteroatoms. The molecule has 3 aromatic carbocycles. The van der Waals surface area contributed by atoms with Crippen molar-refractivity contribution < 1.29 is 23.8 Å². The lowest BCUT2D eigenvalue weighted by atomic mass is 9.77. The number of carbonyl (C=O) groups excluding carboxylic acids is 2. The lowest BCUT2D eigenvalue weighted by molar-refractivity contribution is -0.139. The van der Waals surface area contributed by atoms with Crippen LogP contribution in [0.4, 0.5) is 0 Å². The molecule has 1 atom stereocenters. The number of nitrogens with one attached hydrogen (secondary N) is 1. The number of amides is 2. The lowest BCUT2D eigenvalue weighted by Gasteiger charge is -2.38. The third kappa shape index (κ3) is 7.85. The Morgan fingerprint density at radius 3 is 2.16 bits per heavy atom. The second kappa shape index (κ2) is 15.3. The van der Waals surface area contributed by atoms with E-state index in [4.69, 9.17) is 14.2 Å². The molecule has 8 nitrogen and oxygen atoms in total. The first-order chi connectivity index (χ1) is 20.9. The number of nitrogens with zero attached hydrogens (tertiary/aromatic N) is 2. The van der Waals surface area contributed by atoms with E-state index in [-0.39, 0.29) is 36.2 Å². The number of hydrogen-bond acceptors (Lipinski definition) is 6. The Morgan fingerprint density at radius 1 is 0.841 bits per heavy atom. The SMILES string of the molecule is COc1ccc(CN2CCC3(CCN(CCC(NC(=O)Cc4ccc(OC)c(OC)c4)c4ccccc4)CC3)C2=O)cc1.Cl. The van der Waals surface area contributed by atoms with Crippen molar-refractivity contribution in [3.63, 3.8) is 0 Å². The van der Waals surface area contributed by atoms with E-state index in [2.05, 4.69) is 22.3 Å². The molecule has 3 aromatic rings. The van der Waals surface area contributed by atoms with E-state index in [1.165, 1.54) is 0 Å². The minimum absolute atomic E-state index is 0. The van der Waals surface area contributed by atoms with Gasteiger partial charge in [-0.1, -0.05) is 48.5 Å². The highest BCUT2D eigenvalue weighted by molar-refractivity contribution is 5.85. The first-order valence-electron chi connectivity index (χ1n) is 15.1. The third-order valence-corrected chi connectivity index (χ3v) is 9.03. The fourth-order valence-corrected chi connectivity index (χ4v) is 6.40. The van der Waals surface area contributed by atoms with Gasteiger partial charge in [-0.15, -0.1) is 12.4 Å². The first-order valence-corrected chi connectivity index (χ1v) is 15.1. The summed E-state index contributed by atoms with van der Waals surface area (Å²) in [4.78, 5) is 31.2. The third-order valence-electron chi connectivity index (χ3n) is 9.03. The summed E-state index contributed by atoms with van der Waals surface area (Å²) in [6.07, 6.45) is 3.74. The highest BCUT2D eigenvalue weighted by atomic mass is 35.5. The summed E-state index contributed by atoms with van der Waals surface area (Å²) in [6.45, 7) is 4.10. The van der Waals surface area contributed by atoms with Gasteiger partial charge in [0.15, 0.2) is 11.5 Å². The van der Waals surface area contributed by atoms with Crippen LogP contribution in [0.15, 0.2) is 72.8 Å². The molecule has 2 aliphatic rings. The molecular formula is C35H44ClN3O5. The second-order valence-corrected chi connectivity index (χ2v) is 11.6. The van der Waals surface area contributed by atoms with Crippen LogP contribution in [-0.2, 0) is 22.6 Å². The number of piperidine rings is 1. The van der Waals surface area contributed by atoms with Gasteiger partial charge < -0.3 is 29.3 Å². The van der Waals surface area contributed by atoms with Gasteiger partial charge in [-0.25, -0.2) is 0 Å². The number of likely N-dealkylation sites (tertiary alicyclic amines) is 2. The molecular weight excluding hydrogens is 578 g/mol. The molecule has 1 N–H and O–H groups in total. The molecule has 1 unspecified atom stereocenters. The molecule has 0 bridgehead atoms. The second-order valence-electron chi connectivity index (χ2n) is 11.6. The topological polar surface area (TPSA) is 80.3 Å². The highest BCUT2D eigenvalue weighted by Crippen LogP contribution is 2.42. The Labute approximate surface area is 267 Å². The van der Waals surface area contributed by atoms with E-state index in [1.807, 2.05) is 65.6 Å². The molecule has 1 spiro atoms. The van der Waals surface area contributed by atoms with Crippen molar-refractivity contribution in [1.29, 1.82) is 0 Å². The van der Waals surface area contributed by atoms with E-state index in [0.717, 1.165) is 74.3 Å². The fraction of sp³-hybridized carbons (Fsp3) is 0.429. The Hall–Kier alpha value is -3.75. The van der Waals surface area contributed by atoms with Crippen molar-refractivity contribution in [2.45, 2.75) is 44.7 Å². The van der Waals surface area contributed by atoms with Gasteiger partial charge in [-0.3, -0.25) is 9.59 Å². The van der Waals surface area contributed by atoms with Gasteiger partial charge in [0, 0.05) is 19.6 Å². The molecule has 0 radical (unpaired) electrons. The zero-order valence-electron chi connectivity index (χ0n) is 25.9. The Kier molecular flexibility index (Phi) is 11.5. The van der Waals surface area contributed by atoms with Crippen molar-refractivity contribution >= 4 is 24.2 Å². The van der Waals surface area contributed by atoms with Gasteiger partial charge in [-0.05, 0) is 79.7 Å². The Morgan fingerprint density at radius 2 is 1.50 bits per heavy atom. The average molecular weight is 622 g/mol. The van der Waals surface area contributed by atoms with Crippen molar-refractivity contribution in [2.75, 3.05) is 47.5 Å². The van der Waals surface area contributed by atoms with Crippen LogP contribution in [0.2, 0.25) is 0 Å². The van der Waals surface area contributed by atoms with Gasteiger partial charge >= 0.3 is 0 Å². The molecule has 2 saturated heterocycles. The summed E-state index contributed by atoms with van der Waals surface area (Å²) >= 11 is 0. The number of benzene rings is 3. The number of halogens is 1. The molecule has 2 fully saturated rings. The molecule has 2 amide bonds. The molecule has 0 aliphatic carbocycles. The predicted octanol–water partition coefficient (Wildman–Crippen LogP) is 5.44. The summed E-state index contributed by atoms with van der Waals surface area (Å²) in [5.41, 5.74) is 2.85. The molecule has 0 aromatic heterocycles. The van der Waals surface area contributed by atoms with Crippen LogP contribution in [0.25, 0.3) is 0 Å². The van der Waals surface area contributed by atoms with Crippen LogP contribution in [0.1, 0.15) is 48.4 Å². The van der Waals surface area contributed by atoms with Crippen LogP contribution < -0.4 is 19.5 Å². The molecule has 2 aliphatic heterocycles.